The Hall–Kier alpha value is -4.36. The molecule has 244 valence electrons. The van der Waals surface area contributed by atoms with Crippen LogP contribution in [0, 0.1) is 0 Å². The van der Waals surface area contributed by atoms with E-state index in [4.69, 9.17) is 16.0 Å². The molecule has 6 rings (SSSR count). The molecule has 4 aromatic rings. The molecule has 0 aliphatic carbocycles. The number of fused-ring (bicyclic) bond motifs is 1. The number of carbonyl (C=O) groups excluding carboxylic acids is 2. The molecule has 2 aliphatic heterocycles. The van der Waals surface area contributed by atoms with Crippen LogP contribution in [-0.4, -0.2) is 42.4 Å². The van der Waals surface area contributed by atoms with E-state index in [0.29, 0.717) is 35.4 Å². The SMILES string of the molecule is CC(C)(C)c1ccc2oc(C(=O)N[C@@H](C=C3CCN(c4ccccc4CN4CCCC4=O)CC3)Cc3ccc(Cl)cc3)cc(=O)c2c1. The van der Waals surface area contributed by atoms with E-state index < -0.39 is 5.91 Å². The lowest BCUT2D eigenvalue weighted by atomic mass is 9.86. The minimum atomic E-state index is -0.428. The van der Waals surface area contributed by atoms with Gasteiger partial charge in [0.15, 0.2) is 11.2 Å². The second-order valence-electron chi connectivity index (χ2n) is 13.7. The molecule has 3 heterocycles. The van der Waals surface area contributed by atoms with Crippen LogP contribution in [0.3, 0.4) is 0 Å². The van der Waals surface area contributed by atoms with Crippen LogP contribution in [0.25, 0.3) is 11.0 Å². The van der Waals surface area contributed by atoms with Crippen molar-refractivity contribution in [3.05, 3.63) is 122 Å². The van der Waals surface area contributed by atoms with Crippen molar-refractivity contribution in [1.29, 1.82) is 0 Å². The highest BCUT2D eigenvalue weighted by atomic mass is 35.5. The first-order valence-electron chi connectivity index (χ1n) is 16.5. The largest absolute Gasteiger partial charge is 0.451 e. The maximum Gasteiger partial charge on any atom is 0.287 e. The van der Waals surface area contributed by atoms with Gasteiger partial charge in [0.25, 0.3) is 5.91 Å². The number of likely N-dealkylation sites (tertiary alicyclic amines) is 1. The molecular formula is C39H42ClN3O4. The van der Waals surface area contributed by atoms with Crippen molar-refractivity contribution in [1.82, 2.24) is 10.2 Å². The third-order valence-corrected chi connectivity index (χ3v) is 9.46. The molecule has 0 spiro atoms. The van der Waals surface area contributed by atoms with Crippen molar-refractivity contribution in [2.45, 2.75) is 70.9 Å². The van der Waals surface area contributed by atoms with Gasteiger partial charge in [0.05, 0.1) is 11.4 Å². The lowest BCUT2D eigenvalue weighted by molar-refractivity contribution is -0.128. The summed E-state index contributed by atoms with van der Waals surface area (Å²) in [5.74, 6) is -0.203. The second-order valence-corrected chi connectivity index (χ2v) is 14.1. The number of hydrogen-bond donors (Lipinski definition) is 1. The van der Waals surface area contributed by atoms with Crippen LogP contribution in [0.5, 0.6) is 0 Å². The first-order valence-corrected chi connectivity index (χ1v) is 16.9. The number of carbonyl (C=O) groups is 2. The van der Waals surface area contributed by atoms with E-state index in [9.17, 15) is 14.4 Å². The average molecular weight is 652 g/mol. The molecule has 8 heteroatoms. The number of hydrogen-bond acceptors (Lipinski definition) is 5. The van der Waals surface area contributed by atoms with Crippen molar-refractivity contribution in [3.8, 4) is 0 Å². The highest BCUT2D eigenvalue weighted by Crippen LogP contribution is 2.29. The molecule has 7 nitrogen and oxygen atoms in total. The fourth-order valence-corrected chi connectivity index (χ4v) is 6.64. The van der Waals surface area contributed by atoms with Crippen molar-refractivity contribution < 1.29 is 14.0 Å². The minimum absolute atomic E-state index is 0.00609. The molecular weight excluding hydrogens is 610 g/mol. The quantitative estimate of drug-likeness (QED) is 0.200. The van der Waals surface area contributed by atoms with E-state index in [-0.39, 0.29) is 28.6 Å². The van der Waals surface area contributed by atoms with Crippen LogP contribution in [-0.2, 0) is 23.2 Å². The third kappa shape index (κ3) is 7.79. The molecule has 0 saturated carbocycles. The van der Waals surface area contributed by atoms with Crippen molar-refractivity contribution >= 4 is 40.1 Å². The first-order chi connectivity index (χ1) is 22.5. The van der Waals surface area contributed by atoms with Crippen LogP contribution < -0.4 is 15.6 Å². The molecule has 2 fully saturated rings. The topological polar surface area (TPSA) is 82.9 Å². The monoisotopic (exact) mass is 651 g/mol. The van der Waals surface area contributed by atoms with Crippen LogP contribution in [0.15, 0.2) is 93.7 Å². The Balaban J connectivity index is 1.19. The number of anilines is 1. The van der Waals surface area contributed by atoms with Gasteiger partial charge in [-0.1, -0.05) is 80.4 Å². The van der Waals surface area contributed by atoms with Crippen LogP contribution in [0.1, 0.15) is 73.7 Å². The molecule has 3 aromatic carbocycles. The predicted octanol–water partition coefficient (Wildman–Crippen LogP) is 7.43. The summed E-state index contributed by atoms with van der Waals surface area (Å²) >= 11 is 6.15. The molecule has 1 aromatic heterocycles. The molecule has 1 atom stereocenters. The average Bonchev–Trinajstić information content (AvgIpc) is 3.45. The van der Waals surface area contributed by atoms with Gasteiger partial charge >= 0.3 is 0 Å². The van der Waals surface area contributed by atoms with Gasteiger partial charge < -0.3 is 19.5 Å². The number of para-hydroxylation sites is 1. The number of amides is 2. The summed E-state index contributed by atoms with van der Waals surface area (Å²) in [6.07, 6.45) is 6.00. The second kappa shape index (κ2) is 13.8. The van der Waals surface area contributed by atoms with E-state index >= 15 is 0 Å². The van der Waals surface area contributed by atoms with Gasteiger partial charge in [-0.2, -0.15) is 0 Å². The number of piperidine rings is 1. The summed E-state index contributed by atoms with van der Waals surface area (Å²) in [7, 11) is 0. The lowest BCUT2D eigenvalue weighted by Gasteiger charge is -2.33. The van der Waals surface area contributed by atoms with Gasteiger partial charge in [-0.05, 0) is 78.1 Å². The molecule has 0 radical (unpaired) electrons. The van der Waals surface area contributed by atoms with Gasteiger partial charge in [0, 0.05) is 49.4 Å². The van der Waals surface area contributed by atoms with Gasteiger partial charge in [-0.15, -0.1) is 0 Å². The number of halogens is 1. The highest BCUT2D eigenvalue weighted by Gasteiger charge is 2.24. The van der Waals surface area contributed by atoms with Crippen LogP contribution in [0.2, 0.25) is 5.02 Å². The molecule has 1 N–H and O–H groups in total. The van der Waals surface area contributed by atoms with Gasteiger partial charge in [-0.25, -0.2) is 0 Å². The first kappa shape index (κ1) is 32.6. The Morgan fingerprint density at radius 1 is 0.957 bits per heavy atom. The summed E-state index contributed by atoms with van der Waals surface area (Å²) in [6.45, 7) is 9.42. The number of nitrogens with zero attached hydrogens (tertiary/aromatic N) is 2. The van der Waals surface area contributed by atoms with Crippen LogP contribution in [0.4, 0.5) is 5.69 Å². The zero-order valence-corrected chi connectivity index (χ0v) is 28.1. The lowest BCUT2D eigenvalue weighted by Crippen LogP contribution is -2.37. The van der Waals surface area contributed by atoms with E-state index in [0.717, 1.165) is 50.0 Å². The van der Waals surface area contributed by atoms with Gasteiger partial charge in [0.2, 0.25) is 5.91 Å². The Morgan fingerprint density at radius 3 is 2.40 bits per heavy atom. The van der Waals surface area contributed by atoms with E-state index in [2.05, 4.69) is 55.3 Å². The molecule has 2 saturated heterocycles. The van der Waals surface area contributed by atoms with Crippen molar-refractivity contribution in [3.63, 3.8) is 0 Å². The molecule has 0 unspecified atom stereocenters. The standard InChI is InChI=1S/C39H42ClN3O4/c1-39(2,3)29-12-15-35-32(23-29)34(44)24-36(47-35)38(46)41-31(21-26-10-13-30(40)14-11-26)22-27-16-19-42(20-17-27)33-8-5-4-7-28(33)25-43-18-6-9-37(43)45/h4-5,7-8,10-15,22-24,31H,6,9,16-21,25H2,1-3H3,(H,41,46)/t31-/m1/s1. The minimum Gasteiger partial charge on any atom is -0.451 e. The molecule has 2 amide bonds. The third-order valence-electron chi connectivity index (χ3n) is 9.21. The Kier molecular flexibility index (Phi) is 9.55. The Morgan fingerprint density at radius 2 is 1.70 bits per heavy atom. The number of nitrogens with one attached hydrogen (secondary N) is 1. The van der Waals surface area contributed by atoms with Gasteiger partial charge in [-0.3, -0.25) is 14.4 Å². The highest BCUT2D eigenvalue weighted by molar-refractivity contribution is 6.30. The summed E-state index contributed by atoms with van der Waals surface area (Å²) in [5, 5.41) is 4.26. The zero-order valence-electron chi connectivity index (χ0n) is 27.4. The van der Waals surface area contributed by atoms with E-state index in [1.165, 1.54) is 22.9 Å². The molecule has 2 aliphatic rings. The van der Waals surface area contributed by atoms with Crippen molar-refractivity contribution in [2.24, 2.45) is 0 Å². The Bertz CT molecular complexity index is 1860. The molecule has 0 bridgehead atoms. The summed E-state index contributed by atoms with van der Waals surface area (Å²) in [6, 6.07) is 22.6. The Labute approximate surface area is 281 Å². The van der Waals surface area contributed by atoms with Crippen LogP contribution >= 0.6 is 11.6 Å². The maximum atomic E-state index is 13.6. The summed E-state index contributed by atoms with van der Waals surface area (Å²) in [4.78, 5) is 43.3. The normalized spacial score (nSPS) is 16.1. The fraction of sp³-hybridized carbons (Fsp3) is 0.359. The smallest absolute Gasteiger partial charge is 0.287 e. The zero-order chi connectivity index (χ0) is 33.1. The summed E-state index contributed by atoms with van der Waals surface area (Å²) in [5.41, 5.74) is 5.72. The number of rotatable bonds is 8. The fourth-order valence-electron chi connectivity index (χ4n) is 6.52. The van der Waals surface area contributed by atoms with E-state index in [1.807, 2.05) is 47.4 Å². The van der Waals surface area contributed by atoms with Crippen molar-refractivity contribution in [2.75, 3.05) is 24.5 Å². The maximum absolute atomic E-state index is 13.6. The predicted molar refractivity (Wildman–Crippen MR) is 188 cm³/mol. The molecule has 47 heavy (non-hydrogen) atoms. The summed E-state index contributed by atoms with van der Waals surface area (Å²) < 4.78 is 5.98. The number of benzene rings is 3. The van der Waals surface area contributed by atoms with Gasteiger partial charge in [0.1, 0.15) is 5.58 Å². The van der Waals surface area contributed by atoms with E-state index in [1.54, 1.807) is 6.07 Å².